The predicted octanol–water partition coefficient (Wildman–Crippen LogP) is 2.75. The summed E-state index contributed by atoms with van der Waals surface area (Å²) >= 11 is 5.92. The minimum atomic E-state index is -1.07. The lowest BCUT2D eigenvalue weighted by Crippen LogP contribution is -2.39. The number of rotatable bonds is 2. The molecule has 1 saturated heterocycles. The molecule has 0 saturated carbocycles. The third-order valence-corrected chi connectivity index (χ3v) is 5.35. The Hall–Kier alpha value is -1.77. The van der Waals surface area contributed by atoms with Gasteiger partial charge < -0.3 is 14.8 Å². The van der Waals surface area contributed by atoms with Crippen molar-refractivity contribution in [2.24, 2.45) is 0 Å². The normalized spacial score (nSPS) is 17.4. The van der Waals surface area contributed by atoms with Gasteiger partial charge in [0.1, 0.15) is 11.6 Å². The number of piperidine rings is 1. The average Bonchev–Trinajstić information content (AvgIpc) is 3.08. The fraction of sp³-hybridized carbons (Fsp3) is 0.471. The van der Waals surface area contributed by atoms with Gasteiger partial charge in [-0.1, -0.05) is 11.6 Å². The molecule has 27 heavy (non-hydrogen) atoms. The number of amides is 1. The molecule has 1 amide bonds. The van der Waals surface area contributed by atoms with Crippen LogP contribution in [0.25, 0.3) is 0 Å². The summed E-state index contributed by atoms with van der Waals surface area (Å²) in [6, 6.07) is 1.71. The maximum Gasteiger partial charge on any atom is 0.255 e. The van der Waals surface area contributed by atoms with E-state index in [2.05, 4.69) is 20.1 Å². The number of carbonyl (C=O) groups is 1. The van der Waals surface area contributed by atoms with Crippen LogP contribution in [0.4, 0.5) is 8.78 Å². The van der Waals surface area contributed by atoms with E-state index in [1.165, 1.54) is 0 Å². The molecule has 2 aliphatic rings. The smallest absolute Gasteiger partial charge is 0.255 e. The van der Waals surface area contributed by atoms with Crippen molar-refractivity contribution in [3.05, 3.63) is 46.0 Å². The van der Waals surface area contributed by atoms with E-state index < -0.39 is 11.6 Å². The molecule has 0 aliphatic carbocycles. The number of hydrogen-bond donors (Lipinski definition) is 1. The average molecular weight is 418 g/mol. The summed E-state index contributed by atoms with van der Waals surface area (Å²) in [4.78, 5) is 14.2. The Morgan fingerprint density at radius 3 is 2.59 bits per heavy atom. The van der Waals surface area contributed by atoms with Gasteiger partial charge in [0.25, 0.3) is 5.91 Å². The van der Waals surface area contributed by atoms with Crippen LogP contribution in [0.2, 0.25) is 5.02 Å². The molecule has 3 heterocycles. The zero-order chi connectivity index (χ0) is 18.3. The van der Waals surface area contributed by atoms with Gasteiger partial charge in [0, 0.05) is 32.1 Å². The first kappa shape index (κ1) is 20.0. The van der Waals surface area contributed by atoms with E-state index in [1.807, 2.05) is 0 Å². The molecule has 2 aromatic rings. The zero-order valence-corrected chi connectivity index (χ0v) is 16.0. The molecule has 1 aromatic heterocycles. The molecule has 2 aliphatic heterocycles. The van der Waals surface area contributed by atoms with E-state index in [0.29, 0.717) is 13.1 Å². The van der Waals surface area contributed by atoms with Crippen molar-refractivity contribution in [1.82, 2.24) is 25.0 Å². The van der Waals surface area contributed by atoms with Crippen LogP contribution in [0, 0.1) is 11.6 Å². The quantitative estimate of drug-likeness (QED) is 0.763. The second-order valence-electron chi connectivity index (χ2n) is 6.62. The minimum Gasteiger partial charge on any atom is -0.339 e. The number of nitrogens with zero attached hydrogens (tertiary/aromatic N) is 4. The molecule has 0 bridgehead atoms. The van der Waals surface area contributed by atoms with Crippen LogP contribution in [-0.2, 0) is 13.1 Å². The van der Waals surface area contributed by atoms with Crippen LogP contribution in [0.15, 0.2) is 12.1 Å². The van der Waals surface area contributed by atoms with Crippen LogP contribution < -0.4 is 5.32 Å². The fourth-order valence-electron chi connectivity index (χ4n) is 3.61. The van der Waals surface area contributed by atoms with Crippen LogP contribution in [-0.4, -0.2) is 45.2 Å². The summed E-state index contributed by atoms with van der Waals surface area (Å²) in [5, 5.41) is 11.8. The third kappa shape index (κ3) is 3.79. The lowest BCUT2D eigenvalue weighted by molar-refractivity contribution is 0.0709. The number of fused-ring (bicyclic) bond motifs is 1. The fourth-order valence-corrected chi connectivity index (χ4v) is 3.85. The van der Waals surface area contributed by atoms with Gasteiger partial charge in [-0.05, 0) is 25.0 Å². The molecule has 1 aromatic carbocycles. The highest BCUT2D eigenvalue weighted by Crippen LogP contribution is 2.30. The monoisotopic (exact) mass is 417 g/mol. The Kier molecular flexibility index (Phi) is 5.98. The van der Waals surface area contributed by atoms with E-state index in [4.69, 9.17) is 11.6 Å². The number of likely N-dealkylation sites (tertiary alicyclic amines) is 1. The molecule has 0 radical (unpaired) electrons. The van der Waals surface area contributed by atoms with Gasteiger partial charge in [-0.15, -0.1) is 22.6 Å². The number of aromatic nitrogens is 3. The van der Waals surface area contributed by atoms with E-state index >= 15 is 0 Å². The van der Waals surface area contributed by atoms with Gasteiger partial charge in [0.15, 0.2) is 11.6 Å². The highest BCUT2D eigenvalue weighted by Gasteiger charge is 2.30. The molecule has 0 spiro atoms. The van der Waals surface area contributed by atoms with Crippen LogP contribution in [0.1, 0.15) is 40.8 Å². The van der Waals surface area contributed by atoms with Gasteiger partial charge >= 0.3 is 0 Å². The maximum absolute atomic E-state index is 13.5. The second-order valence-corrected chi connectivity index (χ2v) is 7.02. The summed E-state index contributed by atoms with van der Waals surface area (Å²) in [5.74, 6) is -0.357. The first-order valence-corrected chi connectivity index (χ1v) is 8.99. The summed E-state index contributed by atoms with van der Waals surface area (Å²) in [5.41, 5.74) is -0.00468. The summed E-state index contributed by atoms with van der Waals surface area (Å²) in [7, 11) is 0. The van der Waals surface area contributed by atoms with Crippen LogP contribution in [0.3, 0.4) is 0 Å². The topological polar surface area (TPSA) is 63.1 Å². The number of halogens is 4. The molecule has 146 valence electrons. The summed E-state index contributed by atoms with van der Waals surface area (Å²) in [6.45, 7) is 3.49. The van der Waals surface area contributed by atoms with Crippen molar-refractivity contribution < 1.29 is 13.6 Å². The van der Waals surface area contributed by atoms with Gasteiger partial charge in [0.2, 0.25) is 0 Å². The molecule has 6 nitrogen and oxygen atoms in total. The Morgan fingerprint density at radius 1 is 1.15 bits per heavy atom. The van der Waals surface area contributed by atoms with Crippen molar-refractivity contribution in [2.75, 3.05) is 19.6 Å². The minimum absolute atomic E-state index is 0. The number of carbonyl (C=O) groups excluding carboxylic acids is 1. The first-order valence-electron chi connectivity index (χ1n) is 8.61. The molecule has 4 rings (SSSR count). The number of hydrogen-bond acceptors (Lipinski definition) is 4. The number of benzene rings is 1. The Labute approximate surface area is 166 Å². The van der Waals surface area contributed by atoms with E-state index in [1.54, 1.807) is 4.90 Å². The number of nitrogens with one attached hydrogen (secondary N) is 1. The molecule has 1 N–H and O–H groups in total. The van der Waals surface area contributed by atoms with Crippen LogP contribution in [0.5, 0.6) is 0 Å². The molecule has 10 heteroatoms. The second kappa shape index (κ2) is 8.08. The van der Waals surface area contributed by atoms with Crippen molar-refractivity contribution >= 4 is 29.9 Å². The highest BCUT2D eigenvalue weighted by molar-refractivity contribution is 6.33. The van der Waals surface area contributed by atoms with Gasteiger partial charge in [-0.2, -0.15) is 0 Å². The van der Waals surface area contributed by atoms with Crippen molar-refractivity contribution in [3.63, 3.8) is 0 Å². The Morgan fingerprint density at radius 2 is 1.85 bits per heavy atom. The molecule has 0 unspecified atom stereocenters. The standard InChI is InChI=1S/C17H18ClF2N5O.ClH/c18-12-8-14(20)13(19)7-11(12)17(26)24-4-1-10(2-5-24)16-23-22-15-9-21-3-6-25(15)16;/h7-8,10,21H,1-6,9H2;1H. The van der Waals surface area contributed by atoms with Gasteiger partial charge in [0.05, 0.1) is 17.1 Å². The van der Waals surface area contributed by atoms with Gasteiger partial charge in [-0.3, -0.25) is 4.79 Å². The van der Waals surface area contributed by atoms with Crippen molar-refractivity contribution in [1.29, 1.82) is 0 Å². The lowest BCUT2D eigenvalue weighted by atomic mass is 9.95. The zero-order valence-electron chi connectivity index (χ0n) is 14.4. The van der Waals surface area contributed by atoms with Crippen LogP contribution >= 0.6 is 24.0 Å². The summed E-state index contributed by atoms with van der Waals surface area (Å²) in [6.07, 6.45) is 1.50. The van der Waals surface area contributed by atoms with Crippen molar-refractivity contribution in [2.45, 2.75) is 31.8 Å². The Balaban J connectivity index is 0.00000210. The first-order chi connectivity index (χ1) is 12.5. The predicted molar refractivity (Wildman–Crippen MR) is 98.2 cm³/mol. The lowest BCUT2D eigenvalue weighted by Gasteiger charge is -2.32. The SMILES string of the molecule is Cl.O=C(c1cc(F)c(F)cc1Cl)N1CCC(c2nnc3n2CCNC3)CC1. The molecular formula is C17H19Cl2F2N5O. The van der Waals surface area contributed by atoms with Crippen molar-refractivity contribution in [3.8, 4) is 0 Å². The van der Waals surface area contributed by atoms with E-state index in [9.17, 15) is 13.6 Å². The highest BCUT2D eigenvalue weighted by atomic mass is 35.5. The van der Waals surface area contributed by atoms with E-state index in [0.717, 1.165) is 56.3 Å². The summed E-state index contributed by atoms with van der Waals surface area (Å²) < 4.78 is 28.8. The molecule has 1 fully saturated rings. The largest absolute Gasteiger partial charge is 0.339 e. The Bertz CT molecular complexity index is 852. The van der Waals surface area contributed by atoms with Gasteiger partial charge in [-0.25, -0.2) is 8.78 Å². The third-order valence-electron chi connectivity index (χ3n) is 5.04. The maximum atomic E-state index is 13.5. The molecule has 0 atom stereocenters. The molecular weight excluding hydrogens is 399 g/mol. The van der Waals surface area contributed by atoms with E-state index in [-0.39, 0.29) is 34.8 Å².